The molecule has 0 amide bonds. The van der Waals surface area contributed by atoms with Crippen molar-refractivity contribution in [3.8, 4) is 6.07 Å². The highest BCUT2D eigenvalue weighted by atomic mass is 19.3. The number of nitriles is 1. The van der Waals surface area contributed by atoms with E-state index >= 15 is 0 Å². The zero-order valence-corrected chi connectivity index (χ0v) is 12.1. The number of hydrogen-bond donors (Lipinski definition) is 1. The Morgan fingerprint density at radius 2 is 2.14 bits per heavy atom. The third kappa shape index (κ3) is 2.43. The summed E-state index contributed by atoms with van der Waals surface area (Å²) >= 11 is 0. The molecule has 1 N–H and O–H groups in total. The number of anilines is 1. The highest BCUT2D eigenvalue weighted by Gasteiger charge is 2.35. The molecule has 2 heterocycles. The standard InChI is InChI=1S/C16H16F2N4/c1-2-10-3-5-11(6-4-10)13-7-14(15(17)18)22-16(21-13)12(8-19)9-20-22/h3-6,9,13-15,21H,2,7H2,1H3/t13-,14-/m0/s1. The van der Waals surface area contributed by atoms with Gasteiger partial charge in [0.1, 0.15) is 23.5 Å². The first kappa shape index (κ1) is 14.5. The lowest BCUT2D eigenvalue weighted by molar-refractivity contribution is 0.0658. The first-order chi connectivity index (χ1) is 10.6. The molecule has 0 saturated heterocycles. The molecule has 0 fully saturated rings. The Morgan fingerprint density at radius 1 is 1.41 bits per heavy atom. The van der Waals surface area contributed by atoms with Gasteiger partial charge in [-0.2, -0.15) is 10.4 Å². The molecule has 0 spiro atoms. The van der Waals surface area contributed by atoms with Crippen molar-refractivity contribution in [3.05, 3.63) is 47.2 Å². The molecule has 1 aliphatic heterocycles. The van der Waals surface area contributed by atoms with Crippen molar-refractivity contribution in [2.45, 2.75) is 38.3 Å². The van der Waals surface area contributed by atoms with Crippen LogP contribution in [-0.2, 0) is 6.42 Å². The van der Waals surface area contributed by atoms with E-state index in [4.69, 9.17) is 5.26 Å². The maximum atomic E-state index is 13.3. The van der Waals surface area contributed by atoms with Crippen LogP contribution < -0.4 is 5.32 Å². The lowest BCUT2D eigenvalue weighted by Gasteiger charge is -2.32. The number of nitrogens with zero attached hydrogens (tertiary/aromatic N) is 3. The molecule has 1 aliphatic rings. The number of aryl methyl sites for hydroxylation is 1. The van der Waals surface area contributed by atoms with Gasteiger partial charge in [-0.1, -0.05) is 31.2 Å². The molecule has 0 unspecified atom stereocenters. The van der Waals surface area contributed by atoms with Crippen LogP contribution in [0.2, 0.25) is 0 Å². The Balaban J connectivity index is 1.96. The van der Waals surface area contributed by atoms with Crippen LogP contribution in [-0.4, -0.2) is 16.2 Å². The summed E-state index contributed by atoms with van der Waals surface area (Å²) in [6.07, 6.45) is -0.0171. The van der Waals surface area contributed by atoms with Crippen molar-refractivity contribution in [3.63, 3.8) is 0 Å². The second-order valence-corrected chi connectivity index (χ2v) is 5.39. The summed E-state index contributed by atoms with van der Waals surface area (Å²) in [7, 11) is 0. The monoisotopic (exact) mass is 302 g/mol. The predicted octanol–water partition coefficient (Wildman–Crippen LogP) is 3.68. The zero-order valence-electron chi connectivity index (χ0n) is 12.1. The van der Waals surface area contributed by atoms with Gasteiger partial charge in [-0.05, 0) is 24.0 Å². The molecule has 22 heavy (non-hydrogen) atoms. The number of benzene rings is 1. The Morgan fingerprint density at radius 3 is 2.73 bits per heavy atom. The number of fused-ring (bicyclic) bond motifs is 1. The van der Waals surface area contributed by atoms with Crippen molar-refractivity contribution in [1.82, 2.24) is 9.78 Å². The van der Waals surface area contributed by atoms with E-state index in [0.717, 1.165) is 12.0 Å². The van der Waals surface area contributed by atoms with Crippen LogP contribution in [0.3, 0.4) is 0 Å². The highest BCUT2D eigenvalue weighted by molar-refractivity contribution is 5.54. The van der Waals surface area contributed by atoms with E-state index in [2.05, 4.69) is 17.3 Å². The van der Waals surface area contributed by atoms with Crippen LogP contribution in [0.1, 0.15) is 42.1 Å². The van der Waals surface area contributed by atoms with E-state index in [1.165, 1.54) is 16.4 Å². The first-order valence-corrected chi connectivity index (χ1v) is 7.25. The molecule has 0 saturated carbocycles. The summed E-state index contributed by atoms with van der Waals surface area (Å²) in [5.41, 5.74) is 2.44. The van der Waals surface area contributed by atoms with Gasteiger partial charge >= 0.3 is 0 Å². The molecule has 0 bridgehead atoms. The Hall–Kier alpha value is -2.42. The van der Waals surface area contributed by atoms with Crippen LogP contribution >= 0.6 is 0 Å². The topological polar surface area (TPSA) is 53.6 Å². The van der Waals surface area contributed by atoms with Gasteiger partial charge in [0.05, 0.1) is 12.2 Å². The minimum atomic E-state index is -2.52. The average molecular weight is 302 g/mol. The maximum absolute atomic E-state index is 13.3. The Bertz CT molecular complexity index is 700. The molecule has 3 rings (SSSR count). The van der Waals surface area contributed by atoms with E-state index in [1.54, 1.807) is 0 Å². The summed E-state index contributed by atoms with van der Waals surface area (Å²) in [5, 5.41) is 16.2. The van der Waals surface area contributed by atoms with Gasteiger partial charge in [0.25, 0.3) is 6.43 Å². The second-order valence-electron chi connectivity index (χ2n) is 5.39. The normalized spacial score (nSPS) is 20.3. The van der Waals surface area contributed by atoms with Crippen LogP contribution in [0, 0.1) is 11.3 Å². The van der Waals surface area contributed by atoms with Crippen molar-refractivity contribution in [2.24, 2.45) is 0 Å². The van der Waals surface area contributed by atoms with Gasteiger partial charge in [-0.25, -0.2) is 13.5 Å². The maximum Gasteiger partial charge on any atom is 0.260 e. The molecule has 1 aromatic carbocycles. The Labute approximate surface area is 127 Å². The number of nitrogens with one attached hydrogen (secondary N) is 1. The molecule has 0 radical (unpaired) electrons. The largest absolute Gasteiger partial charge is 0.362 e. The van der Waals surface area contributed by atoms with Gasteiger partial charge in [0.15, 0.2) is 0 Å². The minimum Gasteiger partial charge on any atom is -0.362 e. The zero-order chi connectivity index (χ0) is 15.7. The summed E-state index contributed by atoms with van der Waals surface area (Å²) < 4.78 is 27.9. The van der Waals surface area contributed by atoms with Crippen molar-refractivity contribution < 1.29 is 8.78 Å². The summed E-state index contributed by atoms with van der Waals surface area (Å²) in [6.45, 7) is 2.07. The van der Waals surface area contributed by atoms with Crippen LogP contribution in [0.25, 0.3) is 0 Å². The lowest BCUT2D eigenvalue weighted by Crippen LogP contribution is -2.31. The van der Waals surface area contributed by atoms with Gasteiger partial charge in [0, 0.05) is 0 Å². The SMILES string of the molecule is CCc1ccc([C@@H]2C[C@@H](C(F)F)n3ncc(C#N)c3N2)cc1. The molecule has 6 heteroatoms. The minimum absolute atomic E-state index is 0.239. The third-order valence-electron chi connectivity index (χ3n) is 4.10. The Kier molecular flexibility index (Phi) is 3.80. The summed E-state index contributed by atoms with van der Waals surface area (Å²) in [6, 6.07) is 8.65. The van der Waals surface area contributed by atoms with Crippen LogP contribution in [0.15, 0.2) is 30.5 Å². The van der Waals surface area contributed by atoms with E-state index < -0.39 is 12.5 Å². The molecular formula is C16H16F2N4. The molecular weight excluding hydrogens is 286 g/mol. The number of aromatic nitrogens is 2. The van der Waals surface area contributed by atoms with Crippen molar-refractivity contribution >= 4 is 5.82 Å². The fraction of sp³-hybridized carbons (Fsp3) is 0.375. The smallest absolute Gasteiger partial charge is 0.260 e. The molecule has 2 atom stereocenters. The van der Waals surface area contributed by atoms with E-state index in [1.807, 2.05) is 30.3 Å². The van der Waals surface area contributed by atoms with E-state index in [-0.39, 0.29) is 12.5 Å². The number of halogens is 2. The third-order valence-corrected chi connectivity index (χ3v) is 4.10. The first-order valence-electron chi connectivity index (χ1n) is 7.25. The van der Waals surface area contributed by atoms with Crippen molar-refractivity contribution in [2.75, 3.05) is 5.32 Å². The molecule has 0 aliphatic carbocycles. The molecule has 114 valence electrons. The van der Waals surface area contributed by atoms with Gasteiger partial charge < -0.3 is 5.32 Å². The van der Waals surface area contributed by atoms with Crippen LogP contribution in [0.4, 0.5) is 14.6 Å². The van der Waals surface area contributed by atoms with E-state index in [9.17, 15) is 8.78 Å². The van der Waals surface area contributed by atoms with Gasteiger partial charge in [-0.15, -0.1) is 0 Å². The molecule has 1 aromatic heterocycles. The predicted molar refractivity (Wildman–Crippen MR) is 78.8 cm³/mol. The quantitative estimate of drug-likeness (QED) is 0.941. The van der Waals surface area contributed by atoms with Gasteiger partial charge in [-0.3, -0.25) is 0 Å². The number of alkyl halides is 2. The molecule has 4 nitrogen and oxygen atoms in total. The summed E-state index contributed by atoms with van der Waals surface area (Å²) in [4.78, 5) is 0. The molecule has 2 aromatic rings. The summed E-state index contributed by atoms with van der Waals surface area (Å²) in [5.74, 6) is 0.378. The van der Waals surface area contributed by atoms with E-state index in [0.29, 0.717) is 11.4 Å². The fourth-order valence-corrected chi connectivity index (χ4v) is 2.82. The lowest BCUT2D eigenvalue weighted by atomic mass is 9.96. The van der Waals surface area contributed by atoms with Crippen LogP contribution in [0.5, 0.6) is 0 Å². The fourth-order valence-electron chi connectivity index (χ4n) is 2.82. The van der Waals surface area contributed by atoms with Gasteiger partial charge in [0.2, 0.25) is 0 Å². The second kappa shape index (κ2) is 5.76. The highest BCUT2D eigenvalue weighted by Crippen LogP contribution is 2.39. The average Bonchev–Trinajstić information content (AvgIpc) is 2.96. The number of hydrogen-bond acceptors (Lipinski definition) is 3. The number of rotatable bonds is 3. The van der Waals surface area contributed by atoms with Crippen molar-refractivity contribution in [1.29, 1.82) is 5.26 Å².